The lowest BCUT2D eigenvalue weighted by molar-refractivity contribution is -0.137. The van der Waals surface area contributed by atoms with Gasteiger partial charge in [0, 0.05) is 44.5 Å². The number of hydrogen-bond donors (Lipinski definition) is 3. The van der Waals surface area contributed by atoms with Crippen LogP contribution in [0.3, 0.4) is 0 Å². The number of aliphatic hydroxyl groups is 1. The number of likely N-dealkylation sites (tertiary alicyclic amines) is 1. The molecule has 220 valence electrons. The maximum absolute atomic E-state index is 15.5. The van der Waals surface area contributed by atoms with Crippen LogP contribution in [0.2, 0.25) is 0 Å². The smallest absolute Gasteiger partial charge is 0.388 e. The summed E-state index contributed by atoms with van der Waals surface area (Å²) in [7, 11) is 0. The van der Waals surface area contributed by atoms with Crippen molar-refractivity contribution in [1.29, 1.82) is 0 Å². The Morgan fingerprint density at radius 3 is 2.49 bits per heavy atom. The van der Waals surface area contributed by atoms with Crippen LogP contribution in [0.4, 0.5) is 29.2 Å². The Hall–Kier alpha value is -3.84. The number of piperidine rings is 1. The number of hydrogen-bond acceptors (Lipinski definition) is 8. The van der Waals surface area contributed by atoms with E-state index in [4.69, 9.17) is 5.73 Å². The summed E-state index contributed by atoms with van der Waals surface area (Å²) in [5.41, 5.74) is 4.97. The number of carbonyl (C=O) groups is 1. The Bertz CT molecular complexity index is 1320. The van der Waals surface area contributed by atoms with Gasteiger partial charge in [0.05, 0.1) is 11.2 Å². The van der Waals surface area contributed by atoms with Crippen LogP contribution in [0.1, 0.15) is 43.0 Å². The van der Waals surface area contributed by atoms with Crippen LogP contribution in [-0.4, -0.2) is 62.6 Å². The number of anilines is 2. The van der Waals surface area contributed by atoms with Gasteiger partial charge >= 0.3 is 6.18 Å². The van der Waals surface area contributed by atoms with Gasteiger partial charge in [0.25, 0.3) is 0 Å². The Kier molecular flexibility index (Phi) is 9.08. The normalized spacial score (nSPS) is 20.4. The fourth-order valence-electron chi connectivity index (χ4n) is 5.18. The highest BCUT2D eigenvalue weighted by Crippen LogP contribution is 2.34. The molecule has 41 heavy (non-hydrogen) atoms. The molecule has 3 atom stereocenters. The molecule has 0 aliphatic carbocycles. The van der Waals surface area contributed by atoms with Gasteiger partial charge < -0.3 is 21.1 Å². The minimum atomic E-state index is -4.44. The quantitative estimate of drug-likeness (QED) is 0.313. The van der Waals surface area contributed by atoms with Crippen LogP contribution in [0.5, 0.6) is 0 Å². The number of rotatable bonds is 10. The molecule has 0 radical (unpaired) electrons. The van der Waals surface area contributed by atoms with Crippen molar-refractivity contribution < 1.29 is 27.5 Å². The van der Waals surface area contributed by atoms with E-state index in [1.807, 2.05) is 4.90 Å². The van der Waals surface area contributed by atoms with Gasteiger partial charge in [-0.1, -0.05) is 12.1 Å². The summed E-state index contributed by atoms with van der Waals surface area (Å²) in [6.07, 6.45) is 0.431. The van der Waals surface area contributed by atoms with E-state index in [9.17, 15) is 23.1 Å². The van der Waals surface area contributed by atoms with Crippen molar-refractivity contribution in [2.45, 2.75) is 44.6 Å². The molecule has 13 heteroatoms. The lowest BCUT2D eigenvalue weighted by Gasteiger charge is -2.45. The zero-order chi connectivity index (χ0) is 29.8. The van der Waals surface area contributed by atoms with Gasteiger partial charge in [0.1, 0.15) is 12.4 Å². The van der Waals surface area contributed by atoms with Crippen molar-refractivity contribution in [3.05, 3.63) is 77.6 Å². The number of pyridine rings is 1. The number of amides is 1. The van der Waals surface area contributed by atoms with E-state index < -0.39 is 35.1 Å². The first kappa shape index (κ1) is 30.1. The number of alkyl halides is 3. The number of carbonyl (C=O) groups excluding carboxylic acids is 1. The zero-order valence-corrected chi connectivity index (χ0v) is 22.8. The molecule has 4 rings (SSSR count). The van der Waals surface area contributed by atoms with E-state index in [-0.39, 0.29) is 37.2 Å². The highest BCUT2D eigenvalue weighted by molar-refractivity contribution is 5.81. The maximum Gasteiger partial charge on any atom is 0.416 e. The van der Waals surface area contributed by atoms with Crippen LogP contribution < -0.4 is 16.0 Å². The molecular weight excluding hydrogens is 542 g/mol. The molecule has 1 amide bonds. The predicted octanol–water partition coefficient (Wildman–Crippen LogP) is 3.77. The fraction of sp³-hybridized carbons (Fsp3) is 0.429. The van der Waals surface area contributed by atoms with Gasteiger partial charge in [-0.15, -0.1) is 0 Å². The molecule has 9 nitrogen and oxygen atoms in total. The lowest BCUT2D eigenvalue weighted by Crippen LogP contribution is -2.56. The molecule has 1 saturated heterocycles. The van der Waals surface area contributed by atoms with E-state index in [1.54, 1.807) is 43.3 Å². The molecule has 1 unspecified atom stereocenters. The number of nitrogens with two attached hydrogens (primary N) is 1. The molecule has 1 aliphatic rings. The average molecular weight is 576 g/mol. The number of halogens is 4. The summed E-state index contributed by atoms with van der Waals surface area (Å²) in [5.74, 6) is -1.57. The summed E-state index contributed by atoms with van der Waals surface area (Å²) >= 11 is 0. The van der Waals surface area contributed by atoms with Gasteiger partial charge in [-0.3, -0.25) is 14.7 Å². The van der Waals surface area contributed by atoms with E-state index in [0.717, 1.165) is 12.1 Å². The third kappa shape index (κ3) is 7.09. The van der Waals surface area contributed by atoms with E-state index in [2.05, 4.69) is 20.3 Å². The second-order valence-corrected chi connectivity index (χ2v) is 10.3. The lowest BCUT2D eigenvalue weighted by atomic mass is 9.81. The number of β-amino-alcohol motifs (C(OH)–C–C–N with tert-alkyl or cyclic N) is 1. The molecule has 0 spiro atoms. The molecule has 3 aromatic rings. The summed E-state index contributed by atoms with van der Waals surface area (Å²) in [4.78, 5) is 27.8. The standard InChI is InChI=1S/C28H33F4N7O2/c1-3-38(15-18-4-6-20(7-5-18)28(30,31)32)26-22(29)25(36-17-37-26)35-14-21-10-13-39(16-27(21,2)41)23(24(33)40)19-8-11-34-12-9-19/h4-9,11-12,17,21,23,41H,3,10,13-16H2,1-2H3,(H2,33,40)(H,35,36,37)/t21-,23?,27-/m0/s1. The SMILES string of the molecule is CCN(Cc1ccc(C(F)(F)F)cc1)c1ncnc(NC[C@@H]2CCN(C(C(N)=O)c3ccncc3)C[C@]2(C)O)c1F. The monoisotopic (exact) mass is 575 g/mol. The largest absolute Gasteiger partial charge is 0.416 e. The maximum atomic E-state index is 15.5. The van der Waals surface area contributed by atoms with Gasteiger partial charge in [-0.2, -0.15) is 17.6 Å². The summed E-state index contributed by atoms with van der Waals surface area (Å²) in [6.45, 7) is 4.80. The van der Waals surface area contributed by atoms with Gasteiger partial charge in [-0.25, -0.2) is 9.97 Å². The van der Waals surface area contributed by atoms with Crippen molar-refractivity contribution in [3.63, 3.8) is 0 Å². The topological polar surface area (TPSA) is 120 Å². The minimum Gasteiger partial charge on any atom is -0.388 e. The Balaban J connectivity index is 1.43. The minimum absolute atomic E-state index is 0.00753. The first-order valence-electron chi connectivity index (χ1n) is 13.2. The second kappa shape index (κ2) is 12.4. The zero-order valence-electron chi connectivity index (χ0n) is 22.8. The molecular formula is C28H33F4N7O2. The Labute approximate surface area is 235 Å². The van der Waals surface area contributed by atoms with Gasteiger partial charge in [0.15, 0.2) is 11.6 Å². The molecule has 2 aromatic heterocycles. The molecule has 1 aliphatic heterocycles. The van der Waals surface area contributed by atoms with E-state index >= 15 is 4.39 Å². The fourth-order valence-corrected chi connectivity index (χ4v) is 5.18. The van der Waals surface area contributed by atoms with E-state index in [0.29, 0.717) is 30.6 Å². The van der Waals surface area contributed by atoms with Crippen molar-refractivity contribution >= 4 is 17.5 Å². The summed E-state index contributed by atoms with van der Waals surface area (Å²) in [5, 5.41) is 14.3. The number of aromatic nitrogens is 3. The van der Waals surface area contributed by atoms with Gasteiger partial charge in [-0.05, 0) is 62.2 Å². The van der Waals surface area contributed by atoms with Crippen LogP contribution in [-0.2, 0) is 17.5 Å². The number of nitrogens with zero attached hydrogens (tertiary/aromatic N) is 5. The molecule has 3 heterocycles. The molecule has 1 aromatic carbocycles. The van der Waals surface area contributed by atoms with Crippen LogP contribution in [0.25, 0.3) is 0 Å². The van der Waals surface area contributed by atoms with Crippen LogP contribution in [0, 0.1) is 11.7 Å². The number of primary amides is 1. The van der Waals surface area contributed by atoms with Crippen LogP contribution in [0.15, 0.2) is 55.1 Å². The summed E-state index contributed by atoms with van der Waals surface area (Å²) in [6, 6.07) is 7.41. The Morgan fingerprint density at radius 2 is 1.90 bits per heavy atom. The summed E-state index contributed by atoms with van der Waals surface area (Å²) < 4.78 is 54.2. The van der Waals surface area contributed by atoms with E-state index in [1.165, 1.54) is 18.5 Å². The highest BCUT2D eigenvalue weighted by Gasteiger charge is 2.41. The van der Waals surface area contributed by atoms with Crippen molar-refractivity contribution in [2.24, 2.45) is 11.7 Å². The number of benzene rings is 1. The first-order valence-corrected chi connectivity index (χ1v) is 13.2. The molecule has 0 bridgehead atoms. The van der Waals surface area contributed by atoms with Crippen LogP contribution >= 0.6 is 0 Å². The predicted molar refractivity (Wildman–Crippen MR) is 145 cm³/mol. The Morgan fingerprint density at radius 1 is 1.22 bits per heavy atom. The van der Waals surface area contributed by atoms with Gasteiger partial charge in [0.2, 0.25) is 11.7 Å². The third-order valence-electron chi connectivity index (χ3n) is 7.45. The molecule has 4 N–H and O–H groups in total. The van der Waals surface area contributed by atoms with Crippen molar-refractivity contribution in [3.8, 4) is 0 Å². The number of nitrogens with one attached hydrogen (secondary N) is 1. The first-order chi connectivity index (χ1) is 19.4. The molecule has 1 fully saturated rings. The highest BCUT2D eigenvalue weighted by atomic mass is 19.4. The molecule has 0 saturated carbocycles. The van der Waals surface area contributed by atoms with Crippen molar-refractivity contribution in [2.75, 3.05) is 36.4 Å². The van der Waals surface area contributed by atoms with Crippen molar-refractivity contribution in [1.82, 2.24) is 19.9 Å². The average Bonchev–Trinajstić information content (AvgIpc) is 2.92. The second-order valence-electron chi connectivity index (χ2n) is 10.3. The third-order valence-corrected chi connectivity index (χ3v) is 7.45.